The van der Waals surface area contributed by atoms with Crippen molar-refractivity contribution >= 4 is 22.9 Å². The Hall–Kier alpha value is -0.0500. The van der Waals surface area contributed by atoms with E-state index in [1.807, 2.05) is 6.07 Å². The van der Waals surface area contributed by atoms with Crippen molar-refractivity contribution in [1.29, 1.82) is 0 Å². The van der Waals surface area contributed by atoms with Crippen LogP contribution in [0, 0.1) is 5.92 Å². The van der Waals surface area contributed by atoms with Crippen LogP contribution in [0.1, 0.15) is 43.4 Å². The largest absolute Gasteiger partial charge is 0.316 e. The molecule has 1 fully saturated rings. The second-order valence-corrected chi connectivity index (χ2v) is 6.39. The summed E-state index contributed by atoms with van der Waals surface area (Å²) in [5, 5.41) is 3.56. The zero-order valence-corrected chi connectivity index (χ0v) is 11.4. The van der Waals surface area contributed by atoms with Crippen LogP contribution in [0.2, 0.25) is 4.34 Å². The maximum Gasteiger partial charge on any atom is 0.0931 e. The number of thiophene rings is 1. The molecular weight excluding hydrogens is 238 g/mol. The molecule has 0 radical (unpaired) electrons. The van der Waals surface area contributed by atoms with Crippen molar-refractivity contribution in [2.24, 2.45) is 5.92 Å². The number of hydrogen-bond donors (Lipinski definition) is 1. The van der Waals surface area contributed by atoms with E-state index in [0.717, 1.165) is 22.7 Å². The van der Waals surface area contributed by atoms with Crippen LogP contribution in [-0.2, 0) is 0 Å². The van der Waals surface area contributed by atoms with Gasteiger partial charge < -0.3 is 5.32 Å². The third-order valence-corrected chi connectivity index (χ3v) is 4.81. The van der Waals surface area contributed by atoms with Crippen LogP contribution >= 0.6 is 22.9 Å². The van der Waals surface area contributed by atoms with Crippen LogP contribution in [-0.4, -0.2) is 13.1 Å². The van der Waals surface area contributed by atoms with Gasteiger partial charge in [-0.1, -0.05) is 24.9 Å². The van der Waals surface area contributed by atoms with Gasteiger partial charge in [0.05, 0.1) is 4.34 Å². The molecule has 1 heterocycles. The molecule has 16 heavy (non-hydrogen) atoms. The van der Waals surface area contributed by atoms with Crippen molar-refractivity contribution in [2.75, 3.05) is 13.1 Å². The molecule has 1 aromatic heterocycles. The molecular formula is C13H20ClNS. The van der Waals surface area contributed by atoms with Gasteiger partial charge in [0, 0.05) is 4.88 Å². The molecule has 0 bridgehead atoms. The highest BCUT2D eigenvalue weighted by molar-refractivity contribution is 7.16. The van der Waals surface area contributed by atoms with E-state index in [9.17, 15) is 0 Å². The summed E-state index contributed by atoms with van der Waals surface area (Å²) in [6, 6.07) is 4.26. The molecule has 0 spiro atoms. The highest BCUT2D eigenvalue weighted by atomic mass is 35.5. The van der Waals surface area contributed by atoms with Crippen LogP contribution < -0.4 is 5.32 Å². The molecule has 1 aliphatic carbocycles. The fourth-order valence-electron chi connectivity index (χ4n) is 2.65. The molecule has 1 saturated carbocycles. The van der Waals surface area contributed by atoms with Crippen molar-refractivity contribution in [2.45, 2.75) is 38.5 Å². The Morgan fingerprint density at radius 3 is 3.00 bits per heavy atom. The Labute approximate surface area is 107 Å². The summed E-state index contributed by atoms with van der Waals surface area (Å²) in [4.78, 5) is 1.49. The van der Waals surface area contributed by atoms with E-state index in [-0.39, 0.29) is 0 Å². The van der Waals surface area contributed by atoms with Gasteiger partial charge >= 0.3 is 0 Å². The highest BCUT2D eigenvalue weighted by Gasteiger charge is 2.29. The lowest BCUT2D eigenvalue weighted by molar-refractivity contribution is 0.448. The highest BCUT2D eigenvalue weighted by Crippen LogP contribution is 2.42. The molecule has 1 aromatic rings. The van der Waals surface area contributed by atoms with Crippen LogP contribution in [0.4, 0.5) is 0 Å². The Bertz CT molecular complexity index is 323. The SMILES string of the molecule is CCCNCC1CCCC1c1ccc(Cl)s1. The van der Waals surface area contributed by atoms with E-state index in [2.05, 4.69) is 18.3 Å². The smallest absolute Gasteiger partial charge is 0.0931 e. The van der Waals surface area contributed by atoms with E-state index in [0.29, 0.717) is 0 Å². The number of hydrogen-bond acceptors (Lipinski definition) is 2. The lowest BCUT2D eigenvalue weighted by atomic mass is 9.94. The summed E-state index contributed by atoms with van der Waals surface area (Å²) >= 11 is 7.78. The molecule has 90 valence electrons. The molecule has 2 unspecified atom stereocenters. The van der Waals surface area contributed by atoms with Crippen molar-refractivity contribution in [3.05, 3.63) is 21.3 Å². The van der Waals surface area contributed by atoms with Crippen LogP contribution in [0.15, 0.2) is 12.1 Å². The third-order valence-electron chi connectivity index (χ3n) is 3.45. The Morgan fingerprint density at radius 1 is 1.44 bits per heavy atom. The molecule has 2 atom stereocenters. The first-order valence-electron chi connectivity index (χ1n) is 6.27. The van der Waals surface area contributed by atoms with Gasteiger partial charge in [-0.3, -0.25) is 0 Å². The first-order chi connectivity index (χ1) is 7.81. The van der Waals surface area contributed by atoms with Gasteiger partial charge in [-0.25, -0.2) is 0 Å². The number of rotatable bonds is 5. The van der Waals surface area contributed by atoms with Crippen LogP contribution in [0.3, 0.4) is 0 Å². The third kappa shape index (κ3) is 2.99. The summed E-state index contributed by atoms with van der Waals surface area (Å²) in [5.74, 6) is 1.57. The van der Waals surface area contributed by atoms with Gasteiger partial charge in [-0.05, 0) is 56.3 Å². The summed E-state index contributed by atoms with van der Waals surface area (Å²) in [7, 11) is 0. The van der Waals surface area contributed by atoms with E-state index < -0.39 is 0 Å². The minimum atomic E-state index is 0.752. The maximum absolute atomic E-state index is 6.02. The summed E-state index contributed by atoms with van der Waals surface area (Å²) < 4.78 is 0.933. The van der Waals surface area contributed by atoms with Crippen molar-refractivity contribution in [3.8, 4) is 0 Å². The van der Waals surface area contributed by atoms with Crippen molar-refractivity contribution < 1.29 is 0 Å². The van der Waals surface area contributed by atoms with E-state index in [1.54, 1.807) is 11.3 Å². The molecule has 0 amide bonds. The minimum absolute atomic E-state index is 0.752. The first-order valence-corrected chi connectivity index (χ1v) is 7.46. The Kier molecular flexibility index (Phi) is 4.68. The molecule has 2 rings (SSSR count). The lowest BCUT2D eigenvalue weighted by Gasteiger charge is -2.18. The molecule has 3 heteroatoms. The predicted octanol–water partition coefficient (Wildman–Crippen LogP) is 4.28. The number of halogens is 1. The average Bonchev–Trinajstić information content (AvgIpc) is 2.87. The maximum atomic E-state index is 6.02. The topological polar surface area (TPSA) is 12.0 Å². The van der Waals surface area contributed by atoms with Crippen LogP contribution in [0.25, 0.3) is 0 Å². The lowest BCUT2D eigenvalue weighted by Crippen LogP contribution is -2.24. The summed E-state index contributed by atoms with van der Waals surface area (Å²) in [6.45, 7) is 4.54. The molecule has 1 aliphatic rings. The predicted molar refractivity (Wildman–Crippen MR) is 72.6 cm³/mol. The quantitative estimate of drug-likeness (QED) is 0.777. The zero-order chi connectivity index (χ0) is 11.4. The number of nitrogens with one attached hydrogen (secondary N) is 1. The van der Waals surface area contributed by atoms with Gasteiger partial charge in [0.25, 0.3) is 0 Å². The monoisotopic (exact) mass is 257 g/mol. The summed E-state index contributed by atoms with van der Waals surface area (Å²) in [5.41, 5.74) is 0. The Balaban J connectivity index is 1.92. The van der Waals surface area contributed by atoms with Gasteiger partial charge in [0.2, 0.25) is 0 Å². The second-order valence-electron chi connectivity index (χ2n) is 4.64. The standard InChI is InChI=1S/C13H20ClNS/c1-2-8-15-9-10-4-3-5-11(10)12-6-7-13(14)16-12/h6-7,10-11,15H,2-5,8-9H2,1H3. The normalized spacial score (nSPS) is 25.1. The summed E-state index contributed by atoms with van der Waals surface area (Å²) in [6.07, 6.45) is 5.31. The van der Waals surface area contributed by atoms with Gasteiger partial charge in [-0.2, -0.15) is 0 Å². The molecule has 1 N–H and O–H groups in total. The molecule has 0 saturated heterocycles. The minimum Gasteiger partial charge on any atom is -0.316 e. The fraction of sp³-hybridized carbons (Fsp3) is 0.692. The van der Waals surface area contributed by atoms with Gasteiger partial charge in [-0.15, -0.1) is 11.3 Å². The second kappa shape index (κ2) is 6.04. The zero-order valence-electron chi connectivity index (χ0n) is 9.84. The molecule has 0 aromatic carbocycles. The first kappa shape index (κ1) is 12.4. The molecule has 0 aliphatic heterocycles. The van der Waals surface area contributed by atoms with E-state index in [1.165, 1.54) is 37.1 Å². The van der Waals surface area contributed by atoms with Crippen LogP contribution in [0.5, 0.6) is 0 Å². The fourth-order valence-corrected chi connectivity index (χ4v) is 3.94. The van der Waals surface area contributed by atoms with E-state index in [4.69, 9.17) is 11.6 Å². The van der Waals surface area contributed by atoms with Gasteiger partial charge in [0.15, 0.2) is 0 Å². The van der Waals surface area contributed by atoms with E-state index >= 15 is 0 Å². The average molecular weight is 258 g/mol. The van der Waals surface area contributed by atoms with Crippen molar-refractivity contribution in [1.82, 2.24) is 5.32 Å². The Morgan fingerprint density at radius 2 is 2.31 bits per heavy atom. The molecule has 1 nitrogen and oxygen atoms in total. The van der Waals surface area contributed by atoms with Gasteiger partial charge in [0.1, 0.15) is 0 Å². The van der Waals surface area contributed by atoms with Crippen molar-refractivity contribution in [3.63, 3.8) is 0 Å².